The zero-order chi connectivity index (χ0) is 24.2. The molecule has 0 spiro atoms. The Bertz CT molecular complexity index is 1260. The molecule has 0 radical (unpaired) electrons. The minimum atomic E-state index is -1.08. The number of rotatable bonds is 7. The molecule has 7 nitrogen and oxygen atoms in total. The van der Waals surface area contributed by atoms with Crippen molar-refractivity contribution in [3.8, 4) is 5.75 Å². The molecule has 3 aromatic carbocycles. The quantitative estimate of drug-likeness (QED) is 0.464. The average Bonchev–Trinajstić information content (AvgIpc) is 3.20. The third-order valence-electron chi connectivity index (χ3n) is 5.52. The van der Waals surface area contributed by atoms with Crippen LogP contribution in [0.4, 0.5) is 14.5 Å². The van der Waals surface area contributed by atoms with Crippen LogP contribution >= 0.6 is 0 Å². The maximum absolute atomic E-state index is 14.3. The van der Waals surface area contributed by atoms with Gasteiger partial charge in [0.05, 0.1) is 30.0 Å². The fraction of sp³-hybridized carbons (Fsp3) is 0.120. The minimum absolute atomic E-state index is 0.0161. The maximum Gasteiger partial charge on any atom is 0.255 e. The van der Waals surface area contributed by atoms with E-state index in [2.05, 4.69) is 10.7 Å². The lowest BCUT2D eigenvalue weighted by Crippen LogP contribution is -2.36. The lowest BCUT2D eigenvalue weighted by Gasteiger charge is -2.22. The number of nitrogens with one attached hydrogen (secondary N) is 2. The molecule has 0 aliphatic carbocycles. The number of benzene rings is 3. The summed E-state index contributed by atoms with van der Waals surface area (Å²) in [5, 5.41) is 4.00. The van der Waals surface area contributed by atoms with Crippen LogP contribution in [0, 0.1) is 11.6 Å². The number of para-hydroxylation sites is 1. The summed E-state index contributed by atoms with van der Waals surface area (Å²) in [6, 6.07) is 17.1. The van der Waals surface area contributed by atoms with Gasteiger partial charge >= 0.3 is 0 Å². The number of ether oxygens (including phenoxy) is 1. The molecule has 1 aliphatic rings. The molecule has 0 fully saturated rings. The number of aldehydes is 1. The highest BCUT2D eigenvalue weighted by molar-refractivity contribution is 5.96. The molecule has 0 aromatic heterocycles. The number of hydrogen-bond donors (Lipinski definition) is 3. The highest BCUT2D eigenvalue weighted by atomic mass is 19.2. The fourth-order valence-electron chi connectivity index (χ4n) is 3.73. The van der Waals surface area contributed by atoms with E-state index in [-0.39, 0.29) is 29.5 Å². The van der Waals surface area contributed by atoms with Gasteiger partial charge in [0.15, 0.2) is 17.9 Å². The lowest BCUT2D eigenvalue weighted by atomic mass is 10.00. The number of carbonyl (C=O) groups excluding carboxylic acids is 2. The van der Waals surface area contributed by atoms with E-state index in [0.717, 1.165) is 16.6 Å². The molecule has 0 saturated heterocycles. The van der Waals surface area contributed by atoms with Gasteiger partial charge in [-0.15, -0.1) is 0 Å². The Hall–Kier alpha value is -4.24. The van der Waals surface area contributed by atoms with Crippen LogP contribution < -0.4 is 26.2 Å². The smallest absolute Gasteiger partial charge is 0.255 e. The second kappa shape index (κ2) is 9.72. The van der Waals surface area contributed by atoms with Gasteiger partial charge in [-0.05, 0) is 35.4 Å². The molecule has 0 saturated carbocycles. The first kappa shape index (κ1) is 22.9. The predicted molar refractivity (Wildman–Crippen MR) is 123 cm³/mol. The second-order valence-electron chi connectivity index (χ2n) is 7.55. The number of hydrogen-bond acceptors (Lipinski definition) is 6. The van der Waals surface area contributed by atoms with Gasteiger partial charge in [0.1, 0.15) is 11.6 Å². The largest absolute Gasteiger partial charge is 0.496 e. The molecular weight excluding hydrogens is 442 g/mol. The topological polar surface area (TPSA) is 96.7 Å². The normalized spacial score (nSPS) is 15.4. The zero-order valence-electron chi connectivity index (χ0n) is 18.2. The molecule has 9 heteroatoms. The van der Waals surface area contributed by atoms with E-state index in [1.54, 1.807) is 48.5 Å². The number of hydrazine groups is 1. The first-order valence-electron chi connectivity index (χ1n) is 10.4. The highest BCUT2D eigenvalue weighted by Crippen LogP contribution is 2.33. The average molecular weight is 464 g/mol. The van der Waals surface area contributed by atoms with Gasteiger partial charge in [0.2, 0.25) is 0 Å². The molecule has 1 aliphatic heterocycles. The van der Waals surface area contributed by atoms with E-state index in [4.69, 9.17) is 10.5 Å². The van der Waals surface area contributed by atoms with E-state index in [0.29, 0.717) is 23.2 Å². The molecule has 1 heterocycles. The molecule has 1 unspecified atom stereocenters. The number of anilines is 1. The van der Waals surface area contributed by atoms with Gasteiger partial charge in [0, 0.05) is 6.54 Å². The highest BCUT2D eigenvalue weighted by Gasteiger charge is 2.33. The third kappa shape index (κ3) is 4.33. The monoisotopic (exact) mass is 464 g/mol. The Morgan fingerprint density at radius 3 is 2.56 bits per heavy atom. The van der Waals surface area contributed by atoms with Crippen LogP contribution in [0.1, 0.15) is 27.5 Å². The minimum Gasteiger partial charge on any atom is -0.496 e. The Kier molecular flexibility index (Phi) is 6.55. The summed E-state index contributed by atoms with van der Waals surface area (Å²) in [4.78, 5) is 24.2. The van der Waals surface area contributed by atoms with Crippen LogP contribution in [-0.2, 0) is 11.3 Å². The Labute approximate surface area is 194 Å². The van der Waals surface area contributed by atoms with Crippen LogP contribution in [0.2, 0.25) is 0 Å². The van der Waals surface area contributed by atoms with Gasteiger partial charge in [-0.3, -0.25) is 14.6 Å². The van der Waals surface area contributed by atoms with Crippen LogP contribution in [-0.4, -0.2) is 19.3 Å². The van der Waals surface area contributed by atoms with Crippen molar-refractivity contribution in [2.45, 2.75) is 12.6 Å². The molecule has 1 atom stereocenters. The lowest BCUT2D eigenvalue weighted by molar-refractivity contribution is -0.105. The van der Waals surface area contributed by atoms with E-state index in [9.17, 15) is 18.4 Å². The van der Waals surface area contributed by atoms with E-state index in [1.807, 2.05) is 0 Å². The molecular formula is C25H22F2N4O3. The van der Waals surface area contributed by atoms with Gasteiger partial charge < -0.3 is 15.8 Å². The standard InChI is InChI=1S/C25H22F2N4O3/c1-34-21-8-3-2-5-17(21)25(33)29-13-15-9-11-16(12-10-15)23-18(14-32)24(28)31(30-23)20-7-4-6-19(26)22(20)27/h2-12,14,23,30H,13,28H2,1H3,(H,29,33). The number of carbonyl (C=O) groups is 2. The van der Waals surface area contributed by atoms with Crippen LogP contribution in [0.25, 0.3) is 0 Å². The maximum atomic E-state index is 14.3. The van der Waals surface area contributed by atoms with Crippen molar-refractivity contribution < 1.29 is 23.1 Å². The van der Waals surface area contributed by atoms with Gasteiger partial charge in [0.25, 0.3) is 5.91 Å². The van der Waals surface area contributed by atoms with Gasteiger partial charge in [-0.1, -0.05) is 42.5 Å². The number of nitrogens with zero attached hydrogens (tertiary/aromatic N) is 1. The summed E-state index contributed by atoms with van der Waals surface area (Å²) in [5.74, 6) is -1.91. The van der Waals surface area contributed by atoms with Crippen molar-refractivity contribution in [2.75, 3.05) is 12.1 Å². The Morgan fingerprint density at radius 1 is 1.12 bits per heavy atom. The van der Waals surface area contributed by atoms with Crippen molar-refractivity contribution in [1.29, 1.82) is 0 Å². The summed E-state index contributed by atoms with van der Waals surface area (Å²) >= 11 is 0. The summed E-state index contributed by atoms with van der Waals surface area (Å²) in [7, 11) is 1.50. The van der Waals surface area contributed by atoms with Crippen LogP contribution in [0.3, 0.4) is 0 Å². The molecule has 3 aromatic rings. The first-order valence-corrected chi connectivity index (χ1v) is 10.4. The second-order valence-corrected chi connectivity index (χ2v) is 7.55. The molecule has 34 heavy (non-hydrogen) atoms. The van der Waals surface area contributed by atoms with Crippen molar-refractivity contribution >= 4 is 17.9 Å². The van der Waals surface area contributed by atoms with Crippen LogP contribution in [0.5, 0.6) is 5.75 Å². The third-order valence-corrected chi connectivity index (χ3v) is 5.52. The van der Waals surface area contributed by atoms with Gasteiger partial charge in [-0.2, -0.15) is 0 Å². The van der Waals surface area contributed by atoms with Crippen molar-refractivity contribution in [3.05, 3.63) is 106 Å². The SMILES string of the molecule is COc1ccccc1C(=O)NCc1ccc(C2NN(c3cccc(F)c3F)C(N)=C2C=O)cc1. The molecule has 4 N–H and O–H groups in total. The Balaban J connectivity index is 1.48. The van der Waals surface area contributed by atoms with E-state index < -0.39 is 17.7 Å². The molecule has 1 amide bonds. The van der Waals surface area contributed by atoms with Crippen molar-refractivity contribution in [1.82, 2.24) is 10.7 Å². The summed E-state index contributed by atoms with van der Waals surface area (Å²) in [6.45, 7) is 0.272. The number of halogens is 2. The number of methoxy groups -OCH3 is 1. The number of amides is 1. The summed E-state index contributed by atoms with van der Waals surface area (Å²) < 4.78 is 33.2. The molecule has 174 valence electrons. The summed E-state index contributed by atoms with van der Waals surface area (Å²) in [5.41, 5.74) is 11.0. The fourth-order valence-corrected chi connectivity index (χ4v) is 3.73. The molecule has 0 bridgehead atoms. The summed E-state index contributed by atoms with van der Waals surface area (Å²) in [6.07, 6.45) is 0.589. The number of nitrogens with two attached hydrogens (primary N) is 1. The van der Waals surface area contributed by atoms with E-state index >= 15 is 0 Å². The first-order chi connectivity index (χ1) is 16.4. The van der Waals surface area contributed by atoms with Crippen molar-refractivity contribution in [3.63, 3.8) is 0 Å². The van der Waals surface area contributed by atoms with Gasteiger partial charge in [-0.25, -0.2) is 14.2 Å². The Morgan fingerprint density at radius 2 is 1.85 bits per heavy atom. The van der Waals surface area contributed by atoms with E-state index in [1.165, 1.54) is 19.2 Å². The zero-order valence-corrected chi connectivity index (χ0v) is 18.2. The van der Waals surface area contributed by atoms with Crippen LogP contribution in [0.15, 0.2) is 78.1 Å². The van der Waals surface area contributed by atoms with Crippen molar-refractivity contribution in [2.24, 2.45) is 5.73 Å². The molecule has 4 rings (SSSR count). The predicted octanol–water partition coefficient (Wildman–Crippen LogP) is 3.34.